The first kappa shape index (κ1) is 17.0. The molecular formula is C14H20Cl2N2O2S. The molecule has 0 aliphatic carbocycles. The monoisotopic (exact) mass is 350 g/mol. The lowest BCUT2D eigenvalue weighted by molar-refractivity contribution is 0.346. The molecule has 0 bridgehead atoms. The zero-order valence-corrected chi connectivity index (χ0v) is 14.4. The molecule has 118 valence electrons. The van der Waals surface area contributed by atoms with Crippen molar-refractivity contribution in [3.8, 4) is 0 Å². The number of nitrogens with zero attached hydrogens (tertiary/aromatic N) is 1. The number of hydrogen-bond acceptors (Lipinski definition) is 3. The smallest absolute Gasteiger partial charge is 0.244 e. The van der Waals surface area contributed by atoms with Gasteiger partial charge in [-0.2, -0.15) is 4.31 Å². The fourth-order valence-electron chi connectivity index (χ4n) is 2.43. The summed E-state index contributed by atoms with van der Waals surface area (Å²) >= 11 is 12.5. The first-order chi connectivity index (χ1) is 9.98. The largest absolute Gasteiger partial charge is 0.313 e. The highest BCUT2D eigenvalue weighted by molar-refractivity contribution is 7.89. The number of piperidine rings is 1. The van der Waals surface area contributed by atoms with E-state index < -0.39 is 10.0 Å². The second-order valence-electron chi connectivity index (χ2n) is 5.08. The SMILES string of the molecule is CCNCc1c(Cl)ccc(S(=O)(=O)N2CCCCC2)c1Cl. The van der Waals surface area contributed by atoms with E-state index in [4.69, 9.17) is 23.2 Å². The van der Waals surface area contributed by atoms with Crippen LogP contribution in [-0.2, 0) is 16.6 Å². The molecule has 2 rings (SSSR count). The number of sulfonamides is 1. The van der Waals surface area contributed by atoms with E-state index >= 15 is 0 Å². The predicted molar refractivity (Wildman–Crippen MR) is 86.5 cm³/mol. The molecule has 1 aliphatic rings. The minimum atomic E-state index is -3.54. The van der Waals surface area contributed by atoms with Gasteiger partial charge in [-0.25, -0.2) is 8.42 Å². The highest BCUT2D eigenvalue weighted by Gasteiger charge is 2.29. The Hall–Kier alpha value is -0.330. The minimum absolute atomic E-state index is 0.156. The van der Waals surface area contributed by atoms with Crippen LogP contribution in [0.1, 0.15) is 31.7 Å². The normalized spacial score (nSPS) is 17.1. The Morgan fingerprint density at radius 3 is 2.48 bits per heavy atom. The van der Waals surface area contributed by atoms with Crippen molar-refractivity contribution in [3.63, 3.8) is 0 Å². The molecule has 1 saturated heterocycles. The maximum absolute atomic E-state index is 12.7. The van der Waals surface area contributed by atoms with Crippen LogP contribution in [0.25, 0.3) is 0 Å². The molecule has 0 unspecified atom stereocenters. The van der Waals surface area contributed by atoms with Gasteiger partial charge in [0.2, 0.25) is 10.0 Å². The summed E-state index contributed by atoms with van der Waals surface area (Å²) < 4.78 is 27.0. The summed E-state index contributed by atoms with van der Waals surface area (Å²) in [6, 6.07) is 3.11. The average Bonchev–Trinajstić information content (AvgIpc) is 2.48. The summed E-state index contributed by atoms with van der Waals surface area (Å²) in [6.45, 7) is 4.30. The number of halogens is 2. The van der Waals surface area contributed by atoms with Crippen LogP contribution in [0.15, 0.2) is 17.0 Å². The van der Waals surface area contributed by atoms with E-state index in [1.54, 1.807) is 6.07 Å². The molecule has 1 fully saturated rings. The van der Waals surface area contributed by atoms with Gasteiger partial charge in [0, 0.05) is 30.2 Å². The zero-order valence-electron chi connectivity index (χ0n) is 12.0. The Morgan fingerprint density at radius 2 is 1.86 bits per heavy atom. The van der Waals surface area contributed by atoms with Gasteiger partial charge in [-0.3, -0.25) is 0 Å². The lowest BCUT2D eigenvalue weighted by Gasteiger charge is -2.26. The molecule has 0 amide bonds. The van der Waals surface area contributed by atoms with Gasteiger partial charge >= 0.3 is 0 Å². The quantitative estimate of drug-likeness (QED) is 0.886. The van der Waals surface area contributed by atoms with Crippen molar-refractivity contribution in [1.82, 2.24) is 9.62 Å². The van der Waals surface area contributed by atoms with Crippen LogP contribution in [0, 0.1) is 0 Å². The Morgan fingerprint density at radius 1 is 1.19 bits per heavy atom. The maximum atomic E-state index is 12.7. The number of benzene rings is 1. The van der Waals surface area contributed by atoms with Gasteiger partial charge in [0.1, 0.15) is 4.90 Å². The number of nitrogens with one attached hydrogen (secondary N) is 1. The van der Waals surface area contributed by atoms with Crippen molar-refractivity contribution in [2.75, 3.05) is 19.6 Å². The van der Waals surface area contributed by atoms with Crippen LogP contribution in [0.4, 0.5) is 0 Å². The molecule has 1 heterocycles. The van der Waals surface area contributed by atoms with Crippen molar-refractivity contribution < 1.29 is 8.42 Å². The predicted octanol–water partition coefficient (Wildman–Crippen LogP) is 3.28. The molecule has 1 aromatic carbocycles. The van der Waals surface area contributed by atoms with Crippen molar-refractivity contribution in [2.24, 2.45) is 0 Å². The Kier molecular flexibility index (Phi) is 5.91. The molecule has 0 radical (unpaired) electrons. The zero-order chi connectivity index (χ0) is 15.5. The second-order valence-corrected chi connectivity index (χ2v) is 7.77. The van der Waals surface area contributed by atoms with Gasteiger partial charge in [0.25, 0.3) is 0 Å². The molecule has 0 spiro atoms. The van der Waals surface area contributed by atoms with Crippen LogP contribution in [0.2, 0.25) is 10.0 Å². The highest BCUT2D eigenvalue weighted by atomic mass is 35.5. The summed E-state index contributed by atoms with van der Waals surface area (Å²) in [5.41, 5.74) is 0.637. The van der Waals surface area contributed by atoms with Crippen molar-refractivity contribution in [3.05, 3.63) is 27.7 Å². The van der Waals surface area contributed by atoms with Crippen LogP contribution >= 0.6 is 23.2 Å². The third-order valence-electron chi connectivity index (χ3n) is 3.64. The van der Waals surface area contributed by atoms with Gasteiger partial charge in [-0.1, -0.05) is 36.5 Å². The molecule has 1 aromatic rings. The summed E-state index contributed by atoms with van der Waals surface area (Å²) in [4.78, 5) is 0.156. The van der Waals surface area contributed by atoms with Gasteiger partial charge in [-0.15, -0.1) is 0 Å². The van der Waals surface area contributed by atoms with Gasteiger partial charge < -0.3 is 5.32 Å². The molecule has 21 heavy (non-hydrogen) atoms. The van der Waals surface area contributed by atoms with Crippen molar-refractivity contribution in [2.45, 2.75) is 37.6 Å². The van der Waals surface area contributed by atoms with Crippen LogP contribution < -0.4 is 5.32 Å². The lowest BCUT2D eigenvalue weighted by atomic mass is 10.2. The van der Waals surface area contributed by atoms with Crippen molar-refractivity contribution >= 4 is 33.2 Å². The topological polar surface area (TPSA) is 49.4 Å². The summed E-state index contributed by atoms with van der Waals surface area (Å²) in [5, 5.41) is 3.84. The third-order valence-corrected chi connectivity index (χ3v) is 6.47. The van der Waals surface area contributed by atoms with Gasteiger partial charge in [0.05, 0.1) is 5.02 Å². The number of rotatable bonds is 5. The summed E-state index contributed by atoms with van der Waals surface area (Å²) in [6.07, 6.45) is 2.87. The Balaban J connectivity index is 2.38. The lowest BCUT2D eigenvalue weighted by Crippen LogP contribution is -2.35. The van der Waals surface area contributed by atoms with E-state index in [9.17, 15) is 8.42 Å². The summed E-state index contributed by atoms with van der Waals surface area (Å²) in [7, 11) is -3.54. The molecule has 1 aliphatic heterocycles. The molecule has 0 aromatic heterocycles. The Bertz CT molecular complexity index is 599. The fraction of sp³-hybridized carbons (Fsp3) is 0.571. The van der Waals surface area contributed by atoms with E-state index in [2.05, 4.69) is 5.32 Å². The third kappa shape index (κ3) is 3.71. The summed E-state index contributed by atoms with van der Waals surface area (Å²) in [5.74, 6) is 0. The molecule has 7 heteroatoms. The van der Waals surface area contributed by atoms with E-state index in [0.717, 1.165) is 25.8 Å². The van der Waals surface area contributed by atoms with Gasteiger partial charge in [0.15, 0.2) is 0 Å². The fourth-order valence-corrected chi connectivity index (χ4v) is 4.84. The van der Waals surface area contributed by atoms with E-state index in [0.29, 0.717) is 30.2 Å². The molecule has 1 N–H and O–H groups in total. The van der Waals surface area contributed by atoms with E-state index in [-0.39, 0.29) is 9.92 Å². The molecule has 0 saturated carbocycles. The molecule has 0 atom stereocenters. The van der Waals surface area contributed by atoms with Crippen LogP contribution in [-0.4, -0.2) is 32.4 Å². The van der Waals surface area contributed by atoms with Gasteiger partial charge in [-0.05, 0) is 31.5 Å². The van der Waals surface area contributed by atoms with E-state index in [1.807, 2.05) is 6.92 Å². The number of hydrogen-bond donors (Lipinski definition) is 1. The average molecular weight is 351 g/mol. The first-order valence-electron chi connectivity index (χ1n) is 7.16. The maximum Gasteiger partial charge on any atom is 0.244 e. The highest BCUT2D eigenvalue weighted by Crippen LogP contribution is 2.33. The standard InChI is InChI=1S/C14H20Cl2N2O2S/c1-2-17-10-11-12(15)6-7-13(14(11)16)21(19,20)18-8-4-3-5-9-18/h6-7,17H,2-5,8-10H2,1H3. The second kappa shape index (κ2) is 7.29. The van der Waals surface area contributed by atoms with Crippen LogP contribution in [0.5, 0.6) is 0 Å². The molecule has 4 nitrogen and oxygen atoms in total. The minimum Gasteiger partial charge on any atom is -0.313 e. The Labute approximate surface area is 136 Å². The van der Waals surface area contributed by atoms with Crippen molar-refractivity contribution in [1.29, 1.82) is 0 Å². The van der Waals surface area contributed by atoms with Crippen LogP contribution in [0.3, 0.4) is 0 Å². The van der Waals surface area contributed by atoms with E-state index in [1.165, 1.54) is 10.4 Å². The first-order valence-corrected chi connectivity index (χ1v) is 9.35. The molecular weight excluding hydrogens is 331 g/mol.